The van der Waals surface area contributed by atoms with E-state index in [9.17, 15) is 14.4 Å². The number of fused-ring (bicyclic) bond motifs is 1. The lowest BCUT2D eigenvalue weighted by Gasteiger charge is -2.09. The monoisotopic (exact) mass is 450 g/mol. The van der Waals surface area contributed by atoms with E-state index in [4.69, 9.17) is 16.0 Å². The molecule has 2 amide bonds. The number of halogens is 1. The molecule has 0 fully saturated rings. The number of hydrazine groups is 1. The van der Waals surface area contributed by atoms with Gasteiger partial charge in [0, 0.05) is 10.9 Å². The third-order valence-corrected chi connectivity index (χ3v) is 5.56. The number of carbonyl (C=O) groups excluding carboxylic acids is 2. The van der Waals surface area contributed by atoms with Crippen molar-refractivity contribution in [3.63, 3.8) is 0 Å². The van der Waals surface area contributed by atoms with E-state index >= 15 is 0 Å². The predicted molar refractivity (Wildman–Crippen MR) is 120 cm³/mol. The maximum atomic E-state index is 12.4. The quantitative estimate of drug-likeness (QED) is 0.366. The molecule has 4 aromatic rings. The highest BCUT2D eigenvalue weighted by molar-refractivity contribution is 6.31. The van der Waals surface area contributed by atoms with E-state index in [1.165, 1.54) is 6.07 Å². The Morgan fingerprint density at radius 1 is 1.03 bits per heavy atom. The molecule has 8 nitrogen and oxygen atoms in total. The summed E-state index contributed by atoms with van der Waals surface area (Å²) < 4.78 is 6.93. The largest absolute Gasteiger partial charge is 0.422 e. The minimum absolute atomic E-state index is 0.206. The summed E-state index contributed by atoms with van der Waals surface area (Å²) in [7, 11) is 0. The Bertz CT molecular complexity index is 1390. The number of nitrogens with zero attached hydrogens (tertiary/aromatic N) is 2. The maximum Gasteiger partial charge on any atom is 0.349 e. The molecular weight excluding hydrogens is 432 g/mol. The van der Waals surface area contributed by atoms with Gasteiger partial charge in [0.1, 0.15) is 11.1 Å². The van der Waals surface area contributed by atoms with E-state index in [1.54, 1.807) is 53.2 Å². The van der Waals surface area contributed by atoms with Crippen LogP contribution in [0.5, 0.6) is 0 Å². The Hall–Kier alpha value is -3.91. The van der Waals surface area contributed by atoms with Crippen LogP contribution < -0.4 is 16.5 Å². The molecule has 0 aliphatic rings. The molecule has 2 aromatic heterocycles. The fourth-order valence-corrected chi connectivity index (χ4v) is 3.37. The van der Waals surface area contributed by atoms with Gasteiger partial charge in [-0.2, -0.15) is 5.10 Å². The van der Waals surface area contributed by atoms with Crippen LogP contribution in [-0.4, -0.2) is 21.6 Å². The zero-order valence-electron chi connectivity index (χ0n) is 17.3. The molecule has 0 saturated carbocycles. The van der Waals surface area contributed by atoms with Gasteiger partial charge in [-0.1, -0.05) is 41.9 Å². The smallest absolute Gasteiger partial charge is 0.349 e. The van der Waals surface area contributed by atoms with Crippen molar-refractivity contribution in [2.24, 2.45) is 0 Å². The van der Waals surface area contributed by atoms with E-state index in [0.29, 0.717) is 28.1 Å². The van der Waals surface area contributed by atoms with Crippen molar-refractivity contribution in [2.45, 2.75) is 20.4 Å². The van der Waals surface area contributed by atoms with Gasteiger partial charge >= 0.3 is 5.63 Å². The molecule has 0 aliphatic heterocycles. The molecular formula is C23H19ClN4O4. The molecule has 0 aliphatic carbocycles. The number of benzene rings is 2. The molecule has 0 radical (unpaired) electrons. The lowest BCUT2D eigenvalue weighted by Crippen LogP contribution is -2.43. The van der Waals surface area contributed by atoms with Crippen LogP contribution in [0.25, 0.3) is 11.0 Å². The van der Waals surface area contributed by atoms with Crippen LogP contribution in [0.1, 0.15) is 37.7 Å². The molecule has 2 heterocycles. The van der Waals surface area contributed by atoms with Gasteiger partial charge in [-0.3, -0.25) is 25.1 Å². The molecule has 32 heavy (non-hydrogen) atoms. The van der Waals surface area contributed by atoms with E-state index < -0.39 is 17.4 Å². The Balaban J connectivity index is 1.41. The summed E-state index contributed by atoms with van der Waals surface area (Å²) in [5.41, 5.74) is 6.84. The van der Waals surface area contributed by atoms with Gasteiger partial charge in [-0.25, -0.2) is 4.79 Å². The van der Waals surface area contributed by atoms with E-state index in [2.05, 4.69) is 16.0 Å². The van der Waals surface area contributed by atoms with Crippen molar-refractivity contribution in [3.8, 4) is 0 Å². The number of aromatic nitrogens is 2. The Labute approximate surface area is 187 Å². The van der Waals surface area contributed by atoms with Crippen LogP contribution in [0.3, 0.4) is 0 Å². The summed E-state index contributed by atoms with van der Waals surface area (Å²) in [6, 6.07) is 15.1. The van der Waals surface area contributed by atoms with Crippen LogP contribution in [0, 0.1) is 13.8 Å². The van der Waals surface area contributed by atoms with Gasteiger partial charge in [-0.05, 0) is 43.7 Å². The lowest BCUT2D eigenvalue weighted by atomic mass is 10.1. The maximum absolute atomic E-state index is 12.4. The summed E-state index contributed by atoms with van der Waals surface area (Å²) >= 11 is 6.18. The van der Waals surface area contributed by atoms with Crippen molar-refractivity contribution < 1.29 is 14.0 Å². The number of amides is 2. The summed E-state index contributed by atoms with van der Waals surface area (Å²) in [6.45, 7) is 4.24. The number of carbonyl (C=O) groups is 2. The van der Waals surface area contributed by atoms with Gasteiger partial charge in [-0.15, -0.1) is 0 Å². The average Bonchev–Trinajstić information content (AvgIpc) is 3.03. The molecule has 0 atom stereocenters. The van der Waals surface area contributed by atoms with Crippen molar-refractivity contribution >= 4 is 34.4 Å². The highest BCUT2D eigenvalue weighted by atomic mass is 35.5. The Morgan fingerprint density at radius 3 is 2.41 bits per heavy atom. The molecule has 0 spiro atoms. The minimum atomic E-state index is -0.788. The lowest BCUT2D eigenvalue weighted by molar-refractivity contribution is 0.0844. The number of para-hydroxylation sites is 1. The third-order valence-electron chi connectivity index (χ3n) is 5.02. The van der Waals surface area contributed by atoms with Gasteiger partial charge < -0.3 is 4.42 Å². The van der Waals surface area contributed by atoms with Crippen LogP contribution in [0.15, 0.2) is 63.8 Å². The fourth-order valence-electron chi connectivity index (χ4n) is 3.24. The Kier molecular flexibility index (Phi) is 5.79. The number of hydrogen-bond donors (Lipinski definition) is 2. The molecule has 162 valence electrons. The van der Waals surface area contributed by atoms with Crippen molar-refractivity contribution in [2.75, 3.05) is 0 Å². The average molecular weight is 451 g/mol. The topological polar surface area (TPSA) is 106 Å². The number of nitrogens with one attached hydrogen (secondary N) is 2. The summed E-state index contributed by atoms with van der Waals surface area (Å²) in [5, 5.41) is 5.63. The molecule has 2 aromatic carbocycles. The summed E-state index contributed by atoms with van der Waals surface area (Å²) in [5.74, 6) is -1.29. The van der Waals surface area contributed by atoms with Crippen molar-refractivity contribution in [1.82, 2.24) is 20.6 Å². The van der Waals surface area contributed by atoms with Crippen molar-refractivity contribution in [3.05, 3.63) is 98.1 Å². The molecule has 4 rings (SSSR count). The summed E-state index contributed by atoms with van der Waals surface area (Å²) in [4.78, 5) is 36.8. The van der Waals surface area contributed by atoms with Crippen molar-refractivity contribution in [1.29, 1.82) is 0 Å². The predicted octanol–water partition coefficient (Wildman–Crippen LogP) is 3.38. The van der Waals surface area contributed by atoms with Gasteiger partial charge in [0.15, 0.2) is 0 Å². The van der Waals surface area contributed by atoms with Gasteiger partial charge in [0.05, 0.1) is 23.0 Å². The summed E-state index contributed by atoms with van der Waals surface area (Å²) in [6.07, 6.45) is 0. The van der Waals surface area contributed by atoms with E-state index in [1.807, 2.05) is 13.8 Å². The second-order valence-corrected chi connectivity index (χ2v) is 7.61. The first kappa shape index (κ1) is 21.3. The highest BCUT2D eigenvalue weighted by Crippen LogP contribution is 2.20. The van der Waals surface area contributed by atoms with E-state index in [0.717, 1.165) is 17.0 Å². The normalized spacial score (nSPS) is 10.8. The first-order valence-electron chi connectivity index (χ1n) is 9.75. The second-order valence-electron chi connectivity index (χ2n) is 7.23. The Morgan fingerprint density at radius 2 is 1.72 bits per heavy atom. The molecule has 0 unspecified atom stereocenters. The SMILES string of the molecule is Cc1nn(Cc2ccc(C(=O)NNC(=O)c3cc4ccccc4oc3=O)cc2)c(C)c1Cl. The zero-order chi connectivity index (χ0) is 22.8. The van der Waals surface area contributed by atoms with Crippen LogP contribution in [0.4, 0.5) is 0 Å². The number of rotatable bonds is 4. The minimum Gasteiger partial charge on any atom is -0.422 e. The van der Waals surface area contributed by atoms with Crippen LogP contribution in [0.2, 0.25) is 5.02 Å². The molecule has 0 saturated heterocycles. The third kappa shape index (κ3) is 4.26. The number of hydrogen-bond acceptors (Lipinski definition) is 5. The molecule has 0 bridgehead atoms. The number of aryl methyl sites for hydroxylation is 1. The molecule has 9 heteroatoms. The fraction of sp³-hybridized carbons (Fsp3) is 0.130. The van der Waals surface area contributed by atoms with Gasteiger partial charge in [0.25, 0.3) is 11.8 Å². The van der Waals surface area contributed by atoms with E-state index in [-0.39, 0.29) is 5.56 Å². The first-order chi connectivity index (χ1) is 15.3. The second kappa shape index (κ2) is 8.68. The molecule has 2 N–H and O–H groups in total. The van der Waals surface area contributed by atoms with Gasteiger partial charge in [0.2, 0.25) is 0 Å². The standard InChI is InChI=1S/C23H19ClN4O4/c1-13-20(24)14(2)28(27-13)12-15-7-9-16(10-8-15)21(29)25-26-22(30)18-11-17-5-3-4-6-19(17)32-23(18)31/h3-11H,12H2,1-2H3,(H,25,29)(H,26,30). The van der Waals surface area contributed by atoms with Crippen LogP contribution >= 0.6 is 11.6 Å². The highest BCUT2D eigenvalue weighted by Gasteiger charge is 2.15. The zero-order valence-corrected chi connectivity index (χ0v) is 18.1. The first-order valence-corrected chi connectivity index (χ1v) is 10.1. The van der Waals surface area contributed by atoms with Crippen LogP contribution in [-0.2, 0) is 6.54 Å².